The quantitative estimate of drug-likeness (QED) is 0.639. The summed E-state index contributed by atoms with van der Waals surface area (Å²) in [5, 5.41) is 13.0. The molecule has 0 spiro atoms. The molecule has 0 atom stereocenters. The minimum absolute atomic E-state index is 0.284. The molecule has 0 saturated heterocycles. The smallest absolute Gasteiger partial charge is 0.322 e. The first-order chi connectivity index (χ1) is 9.54. The summed E-state index contributed by atoms with van der Waals surface area (Å²) in [6.07, 6.45) is 0. The minimum Gasteiger partial charge on any atom is -0.480 e. The second-order valence-electron chi connectivity index (χ2n) is 3.94. The molecule has 2 amide bonds. The number of benzene rings is 1. The Bertz CT molecular complexity index is 501. The molecule has 0 radical (unpaired) electrons. The van der Waals surface area contributed by atoms with E-state index in [0.717, 1.165) is 0 Å². The van der Waals surface area contributed by atoms with Gasteiger partial charge in [0.1, 0.15) is 6.54 Å². The van der Waals surface area contributed by atoms with Crippen molar-refractivity contribution in [3.05, 3.63) is 35.4 Å². The van der Waals surface area contributed by atoms with E-state index in [4.69, 9.17) is 9.84 Å². The molecule has 0 aliphatic carbocycles. The van der Waals surface area contributed by atoms with E-state index in [1.54, 1.807) is 24.3 Å². The number of aliphatic carboxylic acids is 1. The third-order valence-corrected chi connectivity index (χ3v) is 2.41. The van der Waals surface area contributed by atoms with E-state index in [-0.39, 0.29) is 13.2 Å². The maximum absolute atomic E-state index is 11.9. The van der Waals surface area contributed by atoms with Crippen LogP contribution in [0, 0.1) is 0 Å². The Morgan fingerprint density at radius 3 is 2.50 bits per heavy atom. The van der Waals surface area contributed by atoms with Gasteiger partial charge in [-0.3, -0.25) is 14.4 Å². The van der Waals surface area contributed by atoms with Crippen LogP contribution in [0.1, 0.15) is 15.9 Å². The number of hydrogen-bond acceptors (Lipinski definition) is 4. The zero-order valence-electron chi connectivity index (χ0n) is 11.0. The van der Waals surface area contributed by atoms with Gasteiger partial charge in [-0.2, -0.15) is 0 Å². The van der Waals surface area contributed by atoms with Gasteiger partial charge < -0.3 is 20.5 Å². The topological polar surface area (TPSA) is 105 Å². The number of methoxy groups -OCH3 is 1. The van der Waals surface area contributed by atoms with Crippen molar-refractivity contribution < 1.29 is 24.2 Å². The molecular weight excluding hydrogens is 264 g/mol. The highest BCUT2D eigenvalue weighted by molar-refractivity contribution is 5.97. The first-order valence-corrected chi connectivity index (χ1v) is 5.88. The molecule has 7 nitrogen and oxygen atoms in total. The maximum atomic E-state index is 11.9. The molecule has 0 aliphatic heterocycles. The number of hydrogen-bond donors (Lipinski definition) is 3. The van der Waals surface area contributed by atoms with Crippen molar-refractivity contribution in [3.63, 3.8) is 0 Å². The molecule has 0 aliphatic rings. The van der Waals surface area contributed by atoms with Crippen molar-refractivity contribution >= 4 is 17.8 Å². The van der Waals surface area contributed by atoms with Gasteiger partial charge in [0.25, 0.3) is 5.91 Å². The maximum Gasteiger partial charge on any atom is 0.322 e. The third kappa shape index (κ3) is 5.07. The lowest BCUT2D eigenvalue weighted by Crippen LogP contribution is -2.39. The molecule has 0 bridgehead atoms. The number of amides is 2. The van der Waals surface area contributed by atoms with Crippen LogP contribution in [-0.4, -0.2) is 43.1 Å². The third-order valence-electron chi connectivity index (χ3n) is 2.41. The Balaban J connectivity index is 2.54. The van der Waals surface area contributed by atoms with Crippen LogP contribution in [0.5, 0.6) is 0 Å². The molecule has 0 aromatic heterocycles. The van der Waals surface area contributed by atoms with Gasteiger partial charge in [0.05, 0.1) is 13.2 Å². The molecule has 0 heterocycles. The van der Waals surface area contributed by atoms with Gasteiger partial charge in [0.2, 0.25) is 5.91 Å². The van der Waals surface area contributed by atoms with E-state index in [0.29, 0.717) is 11.1 Å². The standard InChI is InChI=1S/C13H16N2O5/c1-20-8-9-4-2-3-5-10(9)13(19)15-6-11(16)14-7-12(17)18/h2-5H,6-8H2,1H3,(H,14,16)(H,15,19)(H,17,18). The Morgan fingerprint density at radius 1 is 1.15 bits per heavy atom. The van der Waals surface area contributed by atoms with E-state index >= 15 is 0 Å². The van der Waals surface area contributed by atoms with Crippen molar-refractivity contribution in [2.75, 3.05) is 20.2 Å². The lowest BCUT2D eigenvalue weighted by Gasteiger charge is -2.09. The van der Waals surface area contributed by atoms with Gasteiger partial charge in [-0.05, 0) is 11.6 Å². The van der Waals surface area contributed by atoms with Crippen LogP contribution in [0.3, 0.4) is 0 Å². The lowest BCUT2D eigenvalue weighted by atomic mass is 10.1. The molecule has 3 N–H and O–H groups in total. The van der Waals surface area contributed by atoms with E-state index in [1.807, 2.05) is 0 Å². The summed E-state index contributed by atoms with van der Waals surface area (Å²) < 4.78 is 4.98. The zero-order chi connectivity index (χ0) is 15.0. The van der Waals surface area contributed by atoms with Crippen LogP contribution >= 0.6 is 0 Å². The summed E-state index contributed by atoms with van der Waals surface area (Å²) in [6.45, 7) is -0.475. The van der Waals surface area contributed by atoms with Crippen molar-refractivity contribution in [2.24, 2.45) is 0 Å². The first-order valence-electron chi connectivity index (χ1n) is 5.88. The molecule has 1 rings (SSSR count). The monoisotopic (exact) mass is 280 g/mol. The average Bonchev–Trinajstić information content (AvgIpc) is 2.43. The van der Waals surface area contributed by atoms with Crippen LogP contribution in [0.4, 0.5) is 0 Å². The zero-order valence-corrected chi connectivity index (χ0v) is 11.0. The van der Waals surface area contributed by atoms with Crippen LogP contribution < -0.4 is 10.6 Å². The van der Waals surface area contributed by atoms with Crippen LogP contribution in [-0.2, 0) is 20.9 Å². The fraction of sp³-hybridized carbons (Fsp3) is 0.308. The number of carbonyl (C=O) groups is 3. The molecule has 1 aromatic carbocycles. The summed E-state index contributed by atoms with van der Waals surface area (Å²) in [6, 6.07) is 6.87. The number of nitrogens with one attached hydrogen (secondary N) is 2. The number of carbonyl (C=O) groups excluding carboxylic acids is 2. The fourth-order valence-corrected chi connectivity index (χ4v) is 1.52. The SMILES string of the molecule is COCc1ccccc1C(=O)NCC(=O)NCC(=O)O. The van der Waals surface area contributed by atoms with E-state index < -0.39 is 24.3 Å². The molecule has 0 unspecified atom stereocenters. The first kappa shape index (κ1) is 15.6. The highest BCUT2D eigenvalue weighted by Gasteiger charge is 2.12. The lowest BCUT2D eigenvalue weighted by molar-refractivity contribution is -0.137. The van der Waals surface area contributed by atoms with Crippen molar-refractivity contribution in [1.29, 1.82) is 0 Å². The molecule has 1 aromatic rings. The van der Waals surface area contributed by atoms with Crippen LogP contribution in [0.2, 0.25) is 0 Å². The van der Waals surface area contributed by atoms with E-state index in [9.17, 15) is 14.4 Å². The molecule has 0 saturated carbocycles. The average molecular weight is 280 g/mol. The van der Waals surface area contributed by atoms with Gasteiger partial charge in [-0.1, -0.05) is 18.2 Å². The number of carboxylic acid groups (broad SMARTS) is 1. The van der Waals surface area contributed by atoms with Gasteiger partial charge in [0.15, 0.2) is 0 Å². The summed E-state index contributed by atoms with van der Waals surface area (Å²) >= 11 is 0. The predicted octanol–water partition coefficient (Wildman–Crippen LogP) is -0.236. The molecule has 0 fully saturated rings. The van der Waals surface area contributed by atoms with E-state index in [1.165, 1.54) is 7.11 Å². The molecule has 7 heteroatoms. The van der Waals surface area contributed by atoms with Crippen molar-refractivity contribution in [2.45, 2.75) is 6.61 Å². The van der Waals surface area contributed by atoms with Gasteiger partial charge in [-0.15, -0.1) is 0 Å². The van der Waals surface area contributed by atoms with Crippen LogP contribution in [0.15, 0.2) is 24.3 Å². The number of carboxylic acids is 1. The van der Waals surface area contributed by atoms with Gasteiger partial charge >= 0.3 is 5.97 Å². The summed E-state index contributed by atoms with van der Waals surface area (Å²) in [4.78, 5) is 33.5. The number of ether oxygens (including phenoxy) is 1. The second-order valence-corrected chi connectivity index (χ2v) is 3.94. The Kier molecular flexibility index (Phi) is 6.18. The van der Waals surface area contributed by atoms with Gasteiger partial charge in [-0.25, -0.2) is 0 Å². The predicted molar refractivity (Wildman–Crippen MR) is 70.1 cm³/mol. The van der Waals surface area contributed by atoms with E-state index in [2.05, 4.69) is 10.6 Å². The molecular formula is C13H16N2O5. The Hall–Kier alpha value is -2.41. The largest absolute Gasteiger partial charge is 0.480 e. The van der Waals surface area contributed by atoms with Gasteiger partial charge in [0, 0.05) is 12.7 Å². The normalized spacial score (nSPS) is 9.85. The van der Waals surface area contributed by atoms with Crippen molar-refractivity contribution in [1.82, 2.24) is 10.6 Å². The number of rotatable bonds is 7. The molecule has 20 heavy (non-hydrogen) atoms. The minimum atomic E-state index is -1.14. The summed E-state index contributed by atoms with van der Waals surface area (Å²) in [7, 11) is 1.52. The summed E-state index contributed by atoms with van der Waals surface area (Å²) in [5.41, 5.74) is 1.12. The Labute approximate surface area is 115 Å². The summed E-state index contributed by atoms with van der Waals surface area (Å²) in [5.74, 6) is -2.12. The Morgan fingerprint density at radius 2 is 1.85 bits per heavy atom. The van der Waals surface area contributed by atoms with Crippen molar-refractivity contribution in [3.8, 4) is 0 Å². The highest BCUT2D eigenvalue weighted by Crippen LogP contribution is 2.09. The fourth-order valence-electron chi connectivity index (χ4n) is 1.52. The van der Waals surface area contributed by atoms with Crippen LogP contribution in [0.25, 0.3) is 0 Å². The highest BCUT2D eigenvalue weighted by atomic mass is 16.5. The molecule has 108 valence electrons. The second kappa shape index (κ2) is 7.90.